The number of amides is 1. The number of nitrogens with zero attached hydrogens (tertiary/aromatic N) is 1. The summed E-state index contributed by atoms with van der Waals surface area (Å²) in [4.78, 5) is 26.5. The van der Waals surface area contributed by atoms with Gasteiger partial charge in [0.05, 0.1) is 6.42 Å². The number of esters is 1. The maximum absolute atomic E-state index is 11.6. The molecule has 0 saturated heterocycles. The number of benzene rings is 1. The molecule has 2 rings (SSSR count). The summed E-state index contributed by atoms with van der Waals surface area (Å²) >= 11 is 4.42. The summed E-state index contributed by atoms with van der Waals surface area (Å²) < 4.78 is 6.06. The van der Waals surface area contributed by atoms with Gasteiger partial charge in [0.1, 0.15) is 11.9 Å². The molecule has 19 heavy (non-hydrogen) atoms. The van der Waals surface area contributed by atoms with Gasteiger partial charge in [0.15, 0.2) is 5.17 Å². The van der Waals surface area contributed by atoms with Gasteiger partial charge >= 0.3 is 5.97 Å². The van der Waals surface area contributed by atoms with Crippen molar-refractivity contribution in [2.24, 2.45) is 10.7 Å². The van der Waals surface area contributed by atoms with Crippen molar-refractivity contribution < 1.29 is 14.3 Å². The first-order chi connectivity index (χ1) is 9.04. The molecule has 100 valence electrons. The summed E-state index contributed by atoms with van der Waals surface area (Å²) in [6, 6.07) is 7.45. The van der Waals surface area contributed by atoms with Gasteiger partial charge in [0.2, 0.25) is 0 Å². The number of thioether (sulfide) groups is 1. The van der Waals surface area contributed by atoms with E-state index in [1.54, 1.807) is 0 Å². The SMILES string of the molecule is NC1=NC(=O)[C@@H](CC(=O)OCc2ccc(Br)cc2)S1. The molecule has 7 heteroatoms. The minimum atomic E-state index is -0.544. The van der Waals surface area contributed by atoms with Gasteiger partial charge in [0, 0.05) is 4.47 Å². The van der Waals surface area contributed by atoms with Crippen LogP contribution in [0.1, 0.15) is 12.0 Å². The van der Waals surface area contributed by atoms with Gasteiger partial charge in [-0.15, -0.1) is 0 Å². The molecule has 0 aliphatic carbocycles. The van der Waals surface area contributed by atoms with Crippen molar-refractivity contribution in [3.63, 3.8) is 0 Å². The van der Waals surface area contributed by atoms with Crippen LogP contribution in [0.15, 0.2) is 33.7 Å². The van der Waals surface area contributed by atoms with E-state index in [9.17, 15) is 9.59 Å². The number of carbonyl (C=O) groups is 2. The highest BCUT2D eigenvalue weighted by atomic mass is 79.9. The smallest absolute Gasteiger partial charge is 0.307 e. The lowest BCUT2D eigenvalue weighted by Gasteiger charge is -2.07. The van der Waals surface area contributed by atoms with Crippen LogP contribution in [-0.4, -0.2) is 22.3 Å². The molecule has 2 N–H and O–H groups in total. The molecule has 0 bridgehead atoms. The Hall–Kier alpha value is -1.34. The van der Waals surface area contributed by atoms with E-state index in [0.717, 1.165) is 21.8 Å². The number of nitrogens with two attached hydrogens (primary N) is 1. The second-order valence-electron chi connectivity index (χ2n) is 3.89. The summed E-state index contributed by atoms with van der Waals surface area (Å²) in [6.07, 6.45) is -0.00969. The molecule has 5 nitrogen and oxygen atoms in total. The van der Waals surface area contributed by atoms with Crippen LogP contribution in [0.4, 0.5) is 0 Å². The predicted molar refractivity (Wildman–Crippen MR) is 76.6 cm³/mol. The van der Waals surface area contributed by atoms with Gasteiger partial charge in [0.25, 0.3) is 5.91 Å². The Morgan fingerprint density at radius 2 is 2.11 bits per heavy atom. The number of ether oxygens (including phenoxy) is 1. The predicted octanol–water partition coefficient (Wildman–Crippen LogP) is 1.84. The van der Waals surface area contributed by atoms with E-state index in [4.69, 9.17) is 10.5 Å². The molecule has 0 saturated carbocycles. The molecule has 0 fully saturated rings. The Kier molecular flexibility index (Phi) is 4.60. The first kappa shape index (κ1) is 14.1. The monoisotopic (exact) mass is 342 g/mol. The summed E-state index contributed by atoms with van der Waals surface area (Å²) in [6.45, 7) is 0.189. The van der Waals surface area contributed by atoms with Gasteiger partial charge in [-0.05, 0) is 17.7 Å². The fourth-order valence-corrected chi connectivity index (χ4v) is 2.56. The average molecular weight is 343 g/mol. The van der Waals surface area contributed by atoms with E-state index in [-0.39, 0.29) is 24.1 Å². The van der Waals surface area contributed by atoms with Gasteiger partial charge in [-0.2, -0.15) is 4.99 Å². The van der Waals surface area contributed by atoms with Gasteiger partial charge in [-0.25, -0.2) is 0 Å². The zero-order valence-corrected chi connectivity index (χ0v) is 12.2. The van der Waals surface area contributed by atoms with Crippen LogP contribution in [0.3, 0.4) is 0 Å². The number of aliphatic imine (C=N–C) groups is 1. The standard InChI is InChI=1S/C12H11BrN2O3S/c13-8-3-1-7(2-4-8)6-18-10(16)5-9-11(17)15-12(14)19-9/h1-4,9H,5-6H2,(H2,14,15,17)/t9-/m1/s1. The molecule has 1 amide bonds. The molecule has 1 aliphatic heterocycles. The molecule has 1 aromatic carbocycles. The van der Waals surface area contributed by atoms with E-state index in [2.05, 4.69) is 20.9 Å². The zero-order chi connectivity index (χ0) is 13.8. The highest BCUT2D eigenvalue weighted by Gasteiger charge is 2.29. The van der Waals surface area contributed by atoms with Crippen LogP contribution < -0.4 is 5.73 Å². The first-order valence-electron chi connectivity index (χ1n) is 5.49. The van der Waals surface area contributed by atoms with Crippen LogP contribution in [0.25, 0.3) is 0 Å². The Labute approximate surface area is 122 Å². The second kappa shape index (κ2) is 6.21. The quantitative estimate of drug-likeness (QED) is 0.844. The Balaban J connectivity index is 1.79. The van der Waals surface area contributed by atoms with E-state index < -0.39 is 11.2 Å². The molecule has 0 radical (unpaired) electrons. The Bertz CT molecular complexity index is 530. The lowest BCUT2D eigenvalue weighted by molar-refractivity contribution is -0.145. The van der Waals surface area contributed by atoms with E-state index >= 15 is 0 Å². The maximum Gasteiger partial charge on any atom is 0.307 e. The van der Waals surface area contributed by atoms with Crippen molar-refractivity contribution in [1.82, 2.24) is 0 Å². The molecule has 0 unspecified atom stereocenters. The first-order valence-corrected chi connectivity index (χ1v) is 7.16. The third kappa shape index (κ3) is 4.07. The van der Waals surface area contributed by atoms with Gasteiger partial charge < -0.3 is 10.5 Å². The zero-order valence-electron chi connectivity index (χ0n) is 9.84. The van der Waals surface area contributed by atoms with Gasteiger partial charge in [-0.3, -0.25) is 9.59 Å². The largest absolute Gasteiger partial charge is 0.461 e. The Morgan fingerprint density at radius 3 is 2.68 bits per heavy atom. The van der Waals surface area contributed by atoms with Crippen LogP contribution in [0.5, 0.6) is 0 Å². The lowest BCUT2D eigenvalue weighted by Crippen LogP contribution is -2.18. The topological polar surface area (TPSA) is 81.8 Å². The molecule has 1 aliphatic rings. The molecular weight excluding hydrogens is 332 g/mol. The Morgan fingerprint density at radius 1 is 1.42 bits per heavy atom. The summed E-state index contributed by atoms with van der Waals surface area (Å²) in [5.74, 6) is -0.804. The number of carbonyl (C=O) groups excluding carboxylic acids is 2. The summed E-state index contributed by atoms with van der Waals surface area (Å²) in [7, 11) is 0. The van der Waals surface area contributed by atoms with Crippen molar-refractivity contribution in [3.05, 3.63) is 34.3 Å². The molecule has 0 spiro atoms. The highest BCUT2D eigenvalue weighted by molar-refractivity contribution is 9.10. The van der Waals surface area contributed by atoms with Crippen molar-refractivity contribution in [1.29, 1.82) is 0 Å². The third-order valence-corrected chi connectivity index (χ3v) is 3.94. The average Bonchev–Trinajstić information content (AvgIpc) is 2.67. The summed E-state index contributed by atoms with van der Waals surface area (Å²) in [5, 5.41) is -0.340. The number of hydrogen-bond donors (Lipinski definition) is 1. The fraction of sp³-hybridized carbons (Fsp3) is 0.250. The molecule has 1 atom stereocenters. The maximum atomic E-state index is 11.6. The second-order valence-corrected chi connectivity index (χ2v) is 6.02. The van der Waals surface area contributed by atoms with Crippen molar-refractivity contribution in [3.8, 4) is 0 Å². The minimum Gasteiger partial charge on any atom is -0.461 e. The van der Waals surface area contributed by atoms with Crippen molar-refractivity contribution >= 4 is 44.7 Å². The molecule has 0 aromatic heterocycles. The normalized spacial score (nSPS) is 18.3. The van der Waals surface area contributed by atoms with Crippen LogP contribution in [-0.2, 0) is 20.9 Å². The van der Waals surface area contributed by atoms with Crippen LogP contribution in [0.2, 0.25) is 0 Å². The molecule has 1 aromatic rings. The lowest BCUT2D eigenvalue weighted by atomic mass is 10.2. The number of rotatable bonds is 4. The van der Waals surface area contributed by atoms with E-state index in [1.165, 1.54) is 0 Å². The van der Waals surface area contributed by atoms with E-state index in [0.29, 0.717) is 0 Å². The van der Waals surface area contributed by atoms with E-state index in [1.807, 2.05) is 24.3 Å². The number of amidine groups is 1. The fourth-order valence-electron chi connectivity index (χ4n) is 1.49. The minimum absolute atomic E-state index is 0.00969. The van der Waals surface area contributed by atoms with Crippen LogP contribution >= 0.6 is 27.7 Å². The number of hydrogen-bond acceptors (Lipinski definition) is 5. The summed E-state index contributed by atoms with van der Waals surface area (Å²) in [5.41, 5.74) is 6.29. The number of halogens is 1. The van der Waals surface area contributed by atoms with Crippen LogP contribution in [0, 0.1) is 0 Å². The molecular formula is C12H11BrN2O3S. The van der Waals surface area contributed by atoms with Crippen molar-refractivity contribution in [2.45, 2.75) is 18.3 Å². The molecule has 1 heterocycles. The van der Waals surface area contributed by atoms with Gasteiger partial charge in [-0.1, -0.05) is 39.8 Å². The third-order valence-electron chi connectivity index (χ3n) is 2.42. The highest BCUT2D eigenvalue weighted by Crippen LogP contribution is 2.23. The van der Waals surface area contributed by atoms with Crippen molar-refractivity contribution in [2.75, 3.05) is 0 Å².